The topological polar surface area (TPSA) is 101 Å². The Bertz CT molecular complexity index is 1270. The van der Waals surface area contributed by atoms with Crippen LogP contribution >= 0.6 is 22.9 Å². The number of thiazole rings is 1. The van der Waals surface area contributed by atoms with Gasteiger partial charge in [0.15, 0.2) is 5.13 Å². The number of carbonyl (C=O) groups excluding carboxylic acids is 1. The number of aromatic nitrogens is 2. The molecule has 7 nitrogen and oxygen atoms in total. The van der Waals surface area contributed by atoms with Gasteiger partial charge in [-0.3, -0.25) is 19.8 Å². The summed E-state index contributed by atoms with van der Waals surface area (Å²) in [6, 6.07) is 14.7. The van der Waals surface area contributed by atoms with Gasteiger partial charge in [0.25, 0.3) is 15.9 Å². The van der Waals surface area contributed by atoms with Crippen molar-refractivity contribution in [1.29, 1.82) is 0 Å². The fourth-order valence-corrected chi connectivity index (χ4v) is 4.56. The number of para-hydroxylation sites is 1. The molecule has 0 aliphatic rings. The molecule has 0 unspecified atom stereocenters. The summed E-state index contributed by atoms with van der Waals surface area (Å²) in [5.41, 5.74) is 1.15. The fourth-order valence-electron chi connectivity index (χ4n) is 2.54. The van der Waals surface area contributed by atoms with Crippen LogP contribution in [0.15, 0.2) is 71.9 Å². The first-order valence-corrected chi connectivity index (χ1v) is 11.0. The van der Waals surface area contributed by atoms with Gasteiger partial charge in [-0.2, -0.15) is 0 Å². The molecule has 0 atom stereocenters. The van der Waals surface area contributed by atoms with Gasteiger partial charge in [0.05, 0.1) is 32.6 Å². The van der Waals surface area contributed by atoms with E-state index in [1.807, 2.05) is 24.3 Å². The van der Waals surface area contributed by atoms with Crippen molar-refractivity contribution in [2.45, 2.75) is 4.90 Å². The molecule has 29 heavy (non-hydrogen) atoms. The van der Waals surface area contributed by atoms with Crippen LogP contribution in [0.3, 0.4) is 0 Å². The van der Waals surface area contributed by atoms with Gasteiger partial charge in [0.1, 0.15) is 0 Å². The molecular formula is C19H13ClN4O3S2. The molecule has 0 radical (unpaired) electrons. The maximum atomic E-state index is 12.5. The molecule has 4 rings (SSSR count). The van der Waals surface area contributed by atoms with Crippen LogP contribution in [0.4, 0.5) is 10.8 Å². The summed E-state index contributed by atoms with van der Waals surface area (Å²) in [6.45, 7) is 0. The third-order valence-corrected chi connectivity index (χ3v) is 6.49. The lowest BCUT2D eigenvalue weighted by atomic mass is 10.2. The van der Waals surface area contributed by atoms with E-state index in [9.17, 15) is 13.2 Å². The maximum Gasteiger partial charge on any atom is 0.261 e. The van der Waals surface area contributed by atoms with Gasteiger partial charge in [-0.25, -0.2) is 13.4 Å². The minimum Gasteiger partial charge on any atom is -0.298 e. The highest BCUT2D eigenvalue weighted by atomic mass is 35.5. The number of fused-ring (bicyclic) bond motifs is 1. The molecule has 2 N–H and O–H groups in total. The molecule has 4 aromatic rings. The average molecular weight is 445 g/mol. The van der Waals surface area contributed by atoms with Crippen molar-refractivity contribution in [3.8, 4) is 0 Å². The number of nitrogens with one attached hydrogen (secondary N) is 2. The quantitative estimate of drug-likeness (QED) is 0.475. The highest BCUT2D eigenvalue weighted by Crippen LogP contribution is 2.26. The Morgan fingerprint density at radius 2 is 1.79 bits per heavy atom. The van der Waals surface area contributed by atoms with E-state index in [1.165, 1.54) is 54.1 Å². The van der Waals surface area contributed by atoms with Crippen LogP contribution in [-0.4, -0.2) is 24.3 Å². The molecule has 2 aromatic heterocycles. The smallest absolute Gasteiger partial charge is 0.261 e. The van der Waals surface area contributed by atoms with Gasteiger partial charge in [-0.15, -0.1) is 0 Å². The number of rotatable bonds is 5. The Morgan fingerprint density at radius 3 is 2.55 bits per heavy atom. The molecular weight excluding hydrogens is 432 g/mol. The summed E-state index contributed by atoms with van der Waals surface area (Å²) in [5, 5.41) is 3.59. The largest absolute Gasteiger partial charge is 0.298 e. The van der Waals surface area contributed by atoms with Crippen LogP contribution in [0.2, 0.25) is 5.02 Å². The van der Waals surface area contributed by atoms with E-state index in [1.54, 1.807) is 0 Å². The molecule has 0 fully saturated rings. The second-order valence-corrected chi connectivity index (χ2v) is 9.11. The summed E-state index contributed by atoms with van der Waals surface area (Å²) >= 11 is 7.14. The number of sulfonamides is 1. The van der Waals surface area contributed by atoms with Crippen LogP contribution in [0.1, 0.15) is 10.4 Å². The van der Waals surface area contributed by atoms with Gasteiger partial charge in [-0.05, 0) is 42.5 Å². The molecule has 146 valence electrons. The van der Waals surface area contributed by atoms with Crippen molar-refractivity contribution in [1.82, 2.24) is 9.97 Å². The molecule has 0 saturated carbocycles. The number of nitrogens with zero attached hydrogens (tertiary/aromatic N) is 2. The Hall–Kier alpha value is -3.01. The summed E-state index contributed by atoms with van der Waals surface area (Å²) in [4.78, 5) is 20.9. The van der Waals surface area contributed by atoms with Crippen LogP contribution in [0.5, 0.6) is 0 Å². The molecule has 2 aromatic carbocycles. The molecule has 0 saturated heterocycles. The van der Waals surface area contributed by atoms with Gasteiger partial charge >= 0.3 is 0 Å². The summed E-state index contributed by atoms with van der Waals surface area (Å²) in [7, 11) is -3.84. The number of hydrogen-bond acceptors (Lipinski definition) is 6. The number of amides is 1. The van der Waals surface area contributed by atoms with Crippen molar-refractivity contribution in [3.63, 3.8) is 0 Å². The van der Waals surface area contributed by atoms with Crippen molar-refractivity contribution in [2.24, 2.45) is 0 Å². The molecule has 0 bridgehead atoms. The SMILES string of the molecule is O=C(Nc1nc2ccccc2s1)c1cncc(NS(=O)(=O)c2ccc(Cl)cc2)c1. The third kappa shape index (κ3) is 4.37. The highest BCUT2D eigenvalue weighted by molar-refractivity contribution is 7.92. The van der Waals surface area contributed by atoms with Gasteiger partial charge in [0.2, 0.25) is 0 Å². The number of anilines is 2. The lowest BCUT2D eigenvalue weighted by Gasteiger charge is -2.09. The maximum absolute atomic E-state index is 12.5. The van der Waals surface area contributed by atoms with E-state index in [4.69, 9.17) is 11.6 Å². The summed E-state index contributed by atoms with van der Waals surface area (Å²) < 4.78 is 28.3. The van der Waals surface area contributed by atoms with Crippen molar-refractivity contribution in [3.05, 3.63) is 77.6 Å². The predicted octanol–water partition coefficient (Wildman–Crippen LogP) is 4.40. The average Bonchev–Trinajstić information content (AvgIpc) is 3.10. The van der Waals surface area contributed by atoms with E-state index >= 15 is 0 Å². The van der Waals surface area contributed by atoms with Crippen molar-refractivity contribution < 1.29 is 13.2 Å². The van der Waals surface area contributed by atoms with Gasteiger partial charge in [0, 0.05) is 11.2 Å². The van der Waals surface area contributed by atoms with E-state index in [0.717, 1.165) is 10.2 Å². The lowest BCUT2D eigenvalue weighted by molar-refractivity contribution is 0.102. The molecule has 2 heterocycles. The number of carbonyl (C=O) groups is 1. The zero-order chi connectivity index (χ0) is 20.4. The van der Waals surface area contributed by atoms with E-state index in [2.05, 4.69) is 20.0 Å². The Kier molecular flexibility index (Phi) is 5.18. The minimum atomic E-state index is -3.84. The zero-order valence-electron chi connectivity index (χ0n) is 14.7. The van der Waals surface area contributed by atoms with Gasteiger partial charge in [-0.1, -0.05) is 35.1 Å². The van der Waals surface area contributed by atoms with Crippen LogP contribution in [0.25, 0.3) is 10.2 Å². The van der Waals surface area contributed by atoms with E-state index in [-0.39, 0.29) is 16.1 Å². The summed E-state index contributed by atoms with van der Waals surface area (Å²) in [5.74, 6) is -0.441. The Morgan fingerprint density at radius 1 is 1.03 bits per heavy atom. The van der Waals surface area contributed by atoms with Crippen LogP contribution in [-0.2, 0) is 10.0 Å². The van der Waals surface area contributed by atoms with Crippen LogP contribution < -0.4 is 10.0 Å². The monoisotopic (exact) mass is 444 g/mol. The Balaban J connectivity index is 1.53. The standard InChI is InChI=1S/C19H13ClN4O3S2/c20-13-5-7-15(8-6-13)29(26,27)24-14-9-12(10-21-11-14)18(25)23-19-22-16-3-1-2-4-17(16)28-19/h1-11,24H,(H,22,23,25). The second kappa shape index (κ2) is 7.78. The number of benzene rings is 2. The minimum absolute atomic E-state index is 0.0474. The molecule has 0 aliphatic carbocycles. The molecule has 0 spiro atoms. The zero-order valence-corrected chi connectivity index (χ0v) is 17.1. The third-order valence-electron chi connectivity index (χ3n) is 3.89. The van der Waals surface area contributed by atoms with Crippen molar-refractivity contribution in [2.75, 3.05) is 10.0 Å². The number of hydrogen-bond donors (Lipinski definition) is 2. The molecule has 10 heteroatoms. The van der Waals surface area contributed by atoms with Crippen molar-refractivity contribution >= 4 is 59.9 Å². The Labute approximate surface area is 175 Å². The predicted molar refractivity (Wildman–Crippen MR) is 114 cm³/mol. The first-order valence-electron chi connectivity index (χ1n) is 8.31. The molecule has 1 amide bonds. The second-order valence-electron chi connectivity index (χ2n) is 5.96. The number of halogens is 1. The fraction of sp³-hybridized carbons (Fsp3) is 0. The van der Waals surface area contributed by atoms with E-state index in [0.29, 0.717) is 10.2 Å². The number of pyridine rings is 1. The first kappa shape index (κ1) is 19.3. The normalized spacial score (nSPS) is 11.3. The highest BCUT2D eigenvalue weighted by Gasteiger charge is 2.16. The van der Waals surface area contributed by atoms with E-state index < -0.39 is 15.9 Å². The molecule has 0 aliphatic heterocycles. The van der Waals surface area contributed by atoms with Crippen LogP contribution in [0, 0.1) is 0 Å². The first-order chi connectivity index (χ1) is 13.9. The van der Waals surface area contributed by atoms with Gasteiger partial charge < -0.3 is 0 Å². The summed E-state index contributed by atoms with van der Waals surface area (Å²) in [6.07, 6.45) is 2.67. The lowest BCUT2D eigenvalue weighted by Crippen LogP contribution is -2.15.